The molecule has 1 fully saturated rings. The third-order valence-electron chi connectivity index (χ3n) is 4.87. The lowest BCUT2D eigenvalue weighted by Crippen LogP contribution is -2.60. The number of aromatic hydroxyl groups is 3. The van der Waals surface area contributed by atoms with Crippen LogP contribution in [-0.2, 0) is 14.3 Å². The van der Waals surface area contributed by atoms with Crippen molar-refractivity contribution < 1.29 is 54.4 Å². The van der Waals surface area contributed by atoms with Crippen LogP contribution in [0.1, 0.15) is 5.56 Å². The van der Waals surface area contributed by atoms with Gasteiger partial charge >= 0.3 is 5.97 Å². The molecule has 2 aromatic carbocycles. The molecule has 0 bridgehead atoms. The Labute approximate surface area is 188 Å². The van der Waals surface area contributed by atoms with E-state index in [2.05, 4.69) is 0 Å². The molecule has 11 nitrogen and oxygen atoms in total. The number of phenolic OH excluding ortho intramolecular Hbond substituents is 3. The molecule has 6 N–H and O–H groups in total. The van der Waals surface area contributed by atoms with Crippen LogP contribution in [0.25, 0.3) is 6.08 Å². The van der Waals surface area contributed by atoms with E-state index in [9.17, 15) is 35.4 Å². The number of aliphatic hydroxyl groups excluding tert-OH is 3. The Morgan fingerprint density at radius 1 is 0.970 bits per heavy atom. The number of methoxy groups -OCH3 is 1. The van der Waals surface area contributed by atoms with Crippen molar-refractivity contribution in [3.05, 3.63) is 48.0 Å². The van der Waals surface area contributed by atoms with E-state index < -0.39 is 43.3 Å². The molecule has 1 aliphatic heterocycles. The van der Waals surface area contributed by atoms with Crippen LogP contribution in [-0.4, -0.2) is 81.0 Å². The SMILES string of the molecule is COc1cc(O[C@@H]2OC(COC(=O)/C=C\c3ccc(O)c(O)c3)[C@H](O)[C@H](O)[C@@H]2O)ccc1O. The summed E-state index contributed by atoms with van der Waals surface area (Å²) in [5, 5.41) is 59.0. The van der Waals surface area contributed by atoms with Crippen molar-refractivity contribution in [2.45, 2.75) is 30.7 Å². The van der Waals surface area contributed by atoms with Crippen LogP contribution < -0.4 is 9.47 Å². The summed E-state index contributed by atoms with van der Waals surface area (Å²) in [7, 11) is 1.34. The second kappa shape index (κ2) is 10.4. The first-order valence-electron chi connectivity index (χ1n) is 9.79. The molecule has 2 aromatic rings. The van der Waals surface area contributed by atoms with Crippen molar-refractivity contribution in [3.8, 4) is 28.7 Å². The van der Waals surface area contributed by atoms with Crippen molar-refractivity contribution >= 4 is 12.0 Å². The van der Waals surface area contributed by atoms with Gasteiger partial charge in [-0.15, -0.1) is 0 Å². The molecule has 0 aromatic heterocycles. The van der Waals surface area contributed by atoms with Crippen molar-refractivity contribution in [2.75, 3.05) is 13.7 Å². The van der Waals surface area contributed by atoms with E-state index in [-0.39, 0.29) is 28.7 Å². The van der Waals surface area contributed by atoms with Crippen LogP contribution >= 0.6 is 0 Å². The van der Waals surface area contributed by atoms with Crippen LogP contribution in [0.4, 0.5) is 0 Å². The van der Waals surface area contributed by atoms with Crippen molar-refractivity contribution in [3.63, 3.8) is 0 Å². The lowest BCUT2D eigenvalue weighted by Gasteiger charge is -2.39. The third kappa shape index (κ3) is 5.84. The van der Waals surface area contributed by atoms with E-state index in [0.717, 1.165) is 6.08 Å². The predicted octanol–water partition coefficient (Wildman–Crippen LogP) is 0.255. The minimum atomic E-state index is -1.65. The minimum absolute atomic E-state index is 0.109. The summed E-state index contributed by atoms with van der Waals surface area (Å²) in [5.41, 5.74) is 0.424. The Morgan fingerprint density at radius 2 is 1.70 bits per heavy atom. The molecule has 1 saturated heterocycles. The summed E-state index contributed by atoms with van der Waals surface area (Å²) in [6, 6.07) is 7.98. The Hall–Kier alpha value is -3.51. The van der Waals surface area contributed by atoms with Crippen LogP contribution in [0.5, 0.6) is 28.7 Å². The molecule has 0 amide bonds. The Balaban J connectivity index is 1.61. The number of aliphatic hydroxyl groups is 3. The zero-order valence-corrected chi connectivity index (χ0v) is 17.4. The van der Waals surface area contributed by atoms with Crippen LogP contribution in [0.2, 0.25) is 0 Å². The molecule has 0 spiro atoms. The molecule has 33 heavy (non-hydrogen) atoms. The van der Waals surface area contributed by atoms with Crippen molar-refractivity contribution in [2.24, 2.45) is 0 Å². The molecule has 178 valence electrons. The Morgan fingerprint density at radius 3 is 2.39 bits per heavy atom. The first-order chi connectivity index (χ1) is 15.7. The first-order valence-corrected chi connectivity index (χ1v) is 9.79. The van der Waals surface area contributed by atoms with Gasteiger partial charge in [-0.25, -0.2) is 4.79 Å². The number of carbonyl (C=O) groups excluding carboxylic acids is 1. The number of phenols is 3. The molecule has 0 radical (unpaired) electrons. The molecular formula is C22H24O11. The van der Waals surface area contributed by atoms with Gasteiger partial charge in [-0.2, -0.15) is 0 Å². The summed E-state index contributed by atoms with van der Waals surface area (Å²) >= 11 is 0. The summed E-state index contributed by atoms with van der Waals surface area (Å²) in [6.45, 7) is -0.465. The van der Waals surface area contributed by atoms with E-state index in [1.165, 1.54) is 49.6 Å². The van der Waals surface area contributed by atoms with Crippen molar-refractivity contribution in [1.82, 2.24) is 0 Å². The highest BCUT2D eigenvalue weighted by atomic mass is 16.7. The van der Waals surface area contributed by atoms with Crippen LogP contribution in [0.3, 0.4) is 0 Å². The highest BCUT2D eigenvalue weighted by molar-refractivity contribution is 5.87. The lowest BCUT2D eigenvalue weighted by atomic mass is 9.99. The molecule has 5 atom stereocenters. The highest BCUT2D eigenvalue weighted by Gasteiger charge is 2.45. The first kappa shape index (κ1) is 24.1. The molecule has 0 aliphatic carbocycles. The topological polar surface area (TPSA) is 175 Å². The van der Waals surface area contributed by atoms with Gasteiger partial charge in [0.1, 0.15) is 36.8 Å². The average Bonchev–Trinajstić information content (AvgIpc) is 2.80. The molecule has 11 heteroatoms. The van der Waals surface area contributed by atoms with E-state index in [1.54, 1.807) is 0 Å². The fraction of sp³-hybridized carbons (Fsp3) is 0.318. The number of benzene rings is 2. The fourth-order valence-corrected chi connectivity index (χ4v) is 3.04. The lowest BCUT2D eigenvalue weighted by molar-refractivity contribution is -0.278. The third-order valence-corrected chi connectivity index (χ3v) is 4.87. The molecule has 1 aliphatic rings. The maximum absolute atomic E-state index is 12.0. The number of ether oxygens (including phenoxy) is 4. The van der Waals surface area contributed by atoms with Gasteiger partial charge in [0.15, 0.2) is 23.0 Å². The van der Waals surface area contributed by atoms with Crippen LogP contribution in [0.15, 0.2) is 42.5 Å². The van der Waals surface area contributed by atoms with Gasteiger partial charge in [-0.05, 0) is 35.9 Å². The number of hydrogen-bond acceptors (Lipinski definition) is 11. The highest BCUT2D eigenvalue weighted by Crippen LogP contribution is 2.32. The molecule has 1 unspecified atom stereocenters. The molecule has 1 heterocycles. The number of carbonyl (C=O) groups is 1. The van der Waals surface area contributed by atoms with Gasteiger partial charge in [0, 0.05) is 12.1 Å². The smallest absolute Gasteiger partial charge is 0.330 e. The zero-order chi connectivity index (χ0) is 24.1. The molecular weight excluding hydrogens is 440 g/mol. The number of esters is 1. The normalized spacial score (nSPS) is 25.0. The zero-order valence-electron chi connectivity index (χ0n) is 17.4. The summed E-state index contributed by atoms with van der Waals surface area (Å²) in [6.07, 6.45) is -5.08. The minimum Gasteiger partial charge on any atom is -0.504 e. The summed E-state index contributed by atoms with van der Waals surface area (Å²) in [4.78, 5) is 12.0. The maximum atomic E-state index is 12.0. The average molecular weight is 464 g/mol. The fourth-order valence-electron chi connectivity index (χ4n) is 3.04. The number of rotatable bonds is 7. The second-order valence-electron chi connectivity index (χ2n) is 7.18. The monoisotopic (exact) mass is 464 g/mol. The standard InChI is InChI=1S/C22H24O11/c1-30-16-9-12(4-6-14(16)24)32-22-21(29)20(28)19(27)17(33-22)10-31-18(26)7-3-11-2-5-13(23)15(25)8-11/h2-9,17,19-25,27-29H,10H2,1H3/b7-3-/t17?,19-,20-,21-,22+/m0/s1. The predicted molar refractivity (Wildman–Crippen MR) is 112 cm³/mol. The second-order valence-corrected chi connectivity index (χ2v) is 7.18. The van der Waals surface area contributed by atoms with E-state index in [0.29, 0.717) is 5.56 Å². The molecule has 3 rings (SSSR count). The van der Waals surface area contributed by atoms with Gasteiger partial charge in [0.25, 0.3) is 0 Å². The van der Waals surface area contributed by atoms with Crippen molar-refractivity contribution in [1.29, 1.82) is 0 Å². The quantitative estimate of drug-likeness (QED) is 0.188. The molecule has 0 saturated carbocycles. The van der Waals surface area contributed by atoms with Gasteiger partial charge in [0.05, 0.1) is 7.11 Å². The van der Waals surface area contributed by atoms with E-state index >= 15 is 0 Å². The van der Waals surface area contributed by atoms with E-state index in [4.69, 9.17) is 18.9 Å². The van der Waals surface area contributed by atoms with Gasteiger partial charge in [-0.1, -0.05) is 6.07 Å². The largest absolute Gasteiger partial charge is 0.504 e. The van der Waals surface area contributed by atoms with Gasteiger partial charge in [-0.3, -0.25) is 0 Å². The number of hydrogen-bond donors (Lipinski definition) is 6. The van der Waals surface area contributed by atoms with Gasteiger partial charge < -0.3 is 49.6 Å². The summed E-state index contributed by atoms with van der Waals surface area (Å²) in [5.74, 6) is -1.34. The Bertz CT molecular complexity index is 1010. The van der Waals surface area contributed by atoms with Crippen LogP contribution in [0, 0.1) is 0 Å². The van der Waals surface area contributed by atoms with E-state index in [1.807, 2.05) is 0 Å². The Kier molecular flexibility index (Phi) is 7.61. The maximum Gasteiger partial charge on any atom is 0.330 e. The summed E-state index contributed by atoms with van der Waals surface area (Å²) < 4.78 is 21.0. The van der Waals surface area contributed by atoms with Gasteiger partial charge in [0.2, 0.25) is 6.29 Å².